The number of nitrogens with zero attached hydrogens (tertiary/aromatic N) is 4. The molecule has 1 amide bonds. The summed E-state index contributed by atoms with van der Waals surface area (Å²) in [4.78, 5) is 46.2. The van der Waals surface area contributed by atoms with Crippen molar-refractivity contribution in [1.82, 2.24) is 9.97 Å². The Morgan fingerprint density at radius 1 is 1.22 bits per heavy atom. The molecule has 1 aromatic carbocycles. The smallest absolute Gasteiger partial charge is 0.341 e. The van der Waals surface area contributed by atoms with E-state index in [4.69, 9.17) is 4.74 Å². The van der Waals surface area contributed by atoms with Crippen LogP contribution in [0, 0.1) is 49.1 Å². The molecule has 2 heterocycles. The number of ether oxygens (including phenoxy) is 1. The number of amides is 1. The highest BCUT2D eigenvalue weighted by Crippen LogP contribution is 2.35. The van der Waals surface area contributed by atoms with Gasteiger partial charge in [0.2, 0.25) is 0 Å². The summed E-state index contributed by atoms with van der Waals surface area (Å²) in [6.45, 7) is 9.03. The number of nitrogens with one attached hydrogen (secondary N) is 1. The van der Waals surface area contributed by atoms with Crippen LogP contribution in [0.4, 0.5) is 10.7 Å². The first-order chi connectivity index (χ1) is 17.5. The Bertz CT molecular complexity index is 1450. The molecule has 37 heavy (non-hydrogen) atoms. The van der Waals surface area contributed by atoms with Crippen LogP contribution >= 0.6 is 23.1 Å². The average molecular weight is 538 g/mol. The van der Waals surface area contributed by atoms with E-state index in [1.165, 1.54) is 29.5 Å². The highest BCUT2D eigenvalue weighted by molar-refractivity contribution is 7.99. The van der Waals surface area contributed by atoms with Crippen molar-refractivity contribution in [3.63, 3.8) is 0 Å². The predicted molar refractivity (Wildman–Crippen MR) is 141 cm³/mol. The first-order valence-corrected chi connectivity index (χ1v) is 12.7. The molecule has 0 atom stereocenters. The zero-order chi connectivity index (χ0) is 27.3. The summed E-state index contributed by atoms with van der Waals surface area (Å²) in [6.07, 6.45) is 1.25. The molecular weight excluding hydrogens is 514 g/mol. The van der Waals surface area contributed by atoms with Gasteiger partial charge in [-0.25, -0.2) is 14.8 Å². The van der Waals surface area contributed by atoms with Crippen LogP contribution in [-0.4, -0.2) is 33.4 Å². The second-order valence-corrected chi connectivity index (χ2v) is 10.1. The lowest BCUT2D eigenvalue weighted by Crippen LogP contribution is -2.16. The van der Waals surface area contributed by atoms with E-state index in [1.54, 1.807) is 32.9 Å². The highest BCUT2D eigenvalue weighted by Gasteiger charge is 2.23. The number of nitriles is 1. The lowest BCUT2D eigenvalue weighted by Gasteiger charge is -2.07. The quantitative estimate of drug-likeness (QED) is 0.0974. The van der Waals surface area contributed by atoms with Crippen LogP contribution in [0.5, 0.6) is 0 Å². The monoisotopic (exact) mass is 537 g/mol. The van der Waals surface area contributed by atoms with Gasteiger partial charge in [0.25, 0.3) is 11.6 Å². The van der Waals surface area contributed by atoms with Crippen molar-refractivity contribution in [3.8, 4) is 6.07 Å². The molecule has 0 saturated heterocycles. The number of carbonyl (C=O) groups excluding carboxylic acids is 2. The van der Waals surface area contributed by atoms with Crippen LogP contribution in [-0.2, 0) is 9.53 Å². The third-order valence-electron chi connectivity index (χ3n) is 5.11. The second-order valence-electron chi connectivity index (χ2n) is 7.85. The Kier molecular flexibility index (Phi) is 8.75. The number of thiophene rings is 1. The lowest BCUT2D eigenvalue weighted by atomic mass is 10.1. The van der Waals surface area contributed by atoms with Crippen molar-refractivity contribution in [1.29, 1.82) is 5.26 Å². The number of nitro groups is 1. The molecule has 0 spiro atoms. The molecule has 1 N–H and O–H groups in total. The molecule has 0 radical (unpaired) electrons. The molecule has 0 aliphatic heterocycles. The van der Waals surface area contributed by atoms with Gasteiger partial charge in [0, 0.05) is 22.3 Å². The zero-order valence-electron chi connectivity index (χ0n) is 20.7. The maximum absolute atomic E-state index is 12.9. The normalized spacial score (nSPS) is 11.1. The summed E-state index contributed by atoms with van der Waals surface area (Å²) in [6, 6.07) is 7.98. The zero-order valence-corrected chi connectivity index (χ0v) is 22.4. The molecule has 3 rings (SSSR count). The fourth-order valence-electron chi connectivity index (χ4n) is 3.34. The van der Waals surface area contributed by atoms with Crippen LogP contribution in [0.1, 0.15) is 44.7 Å². The Morgan fingerprint density at radius 2 is 1.89 bits per heavy atom. The Balaban J connectivity index is 1.91. The topological polar surface area (TPSA) is 148 Å². The van der Waals surface area contributed by atoms with Gasteiger partial charge in [-0.1, -0.05) is 6.07 Å². The van der Waals surface area contributed by atoms with E-state index in [1.807, 2.05) is 19.9 Å². The molecule has 0 aliphatic rings. The first-order valence-electron chi connectivity index (χ1n) is 11.0. The number of rotatable bonds is 8. The van der Waals surface area contributed by atoms with E-state index >= 15 is 0 Å². The number of aromatic nitrogens is 2. The van der Waals surface area contributed by atoms with E-state index in [0.717, 1.165) is 28.0 Å². The molecule has 190 valence electrons. The van der Waals surface area contributed by atoms with E-state index in [0.29, 0.717) is 15.6 Å². The molecule has 10 nitrogen and oxygen atoms in total. The summed E-state index contributed by atoms with van der Waals surface area (Å²) in [5.41, 5.74) is 2.18. The van der Waals surface area contributed by atoms with E-state index in [-0.39, 0.29) is 34.0 Å². The van der Waals surface area contributed by atoms with Gasteiger partial charge in [0.1, 0.15) is 16.6 Å². The first kappa shape index (κ1) is 27.5. The maximum Gasteiger partial charge on any atom is 0.341 e. The van der Waals surface area contributed by atoms with Crippen molar-refractivity contribution in [2.45, 2.75) is 44.7 Å². The van der Waals surface area contributed by atoms with Gasteiger partial charge in [0.15, 0.2) is 5.16 Å². The van der Waals surface area contributed by atoms with Gasteiger partial charge in [0.05, 0.1) is 22.0 Å². The average Bonchev–Trinajstić information content (AvgIpc) is 3.10. The van der Waals surface area contributed by atoms with Gasteiger partial charge in [-0.2, -0.15) is 5.26 Å². The van der Waals surface area contributed by atoms with Gasteiger partial charge in [-0.3, -0.25) is 14.9 Å². The van der Waals surface area contributed by atoms with Gasteiger partial charge in [-0.15, -0.1) is 11.3 Å². The van der Waals surface area contributed by atoms with Crippen molar-refractivity contribution in [2.75, 3.05) is 11.9 Å². The van der Waals surface area contributed by atoms with Gasteiger partial charge in [-0.05, 0) is 75.7 Å². The number of esters is 1. The van der Waals surface area contributed by atoms with Crippen LogP contribution in [0.3, 0.4) is 0 Å². The largest absolute Gasteiger partial charge is 0.462 e. The molecule has 12 heteroatoms. The van der Waals surface area contributed by atoms with E-state index in [9.17, 15) is 25.0 Å². The lowest BCUT2D eigenvalue weighted by molar-refractivity contribution is -0.387. The Hall–Kier alpha value is -4.08. The summed E-state index contributed by atoms with van der Waals surface area (Å²) in [5, 5.41) is 24.6. The summed E-state index contributed by atoms with van der Waals surface area (Å²) in [7, 11) is 0. The summed E-state index contributed by atoms with van der Waals surface area (Å²) < 4.78 is 5.09. The van der Waals surface area contributed by atoms with Crippen molar-refractivity contribution in [2.24, 2.45) is 0 Å². The third kappa shape index (κ3) is 6.58. The summed E-state index contributed by atoms with van der Waals surface area (Å²) in [5.74, 6) is -1.32. The number of anilines is 1. The second kappa shape index (κ2) is 11.8. The summed E-state index contributed by atoms with van der Waals surface area (Å²) >= 11 is 2.25. The predicted octanol–water partition coefficient (Wildman–Crippen LogP) is 5.55. The van der Waals surface area contributed by atoms with E-state index < -0.39 is 16.8 Å². The number of hydrogen-bond donors (Lipinski definition) is 1. The maximum atomic E-state index is 12.9. The number of aryl methyl sites for hydroxylation is 3. The third-order valence-corrected chi connectivity index (χ3v) is 7.16. The van der Waals surface area contributed by atoms with Gasteiger partial charge < -0.3 is 10.1 Å². The number of nitro benzene ring substituents is 1. The Morgan fingerprint density at radius 3 is 2.49 bits per heavy atom. The Labute approximate surface area is 221 Å². The standard InChI is InChI=1S/C25H23N5O5S2/c1-6-35-24(32)21-15(4)16(5)36-23(21)29-22(31)18(12-26)10-17-7-8-20(19(11-17)30(33)34)37-25-27-13(2)9-14(3)28-25/h7-11H,6H2,1-5H3,(H,29,31)/b18-10-. The fraction of sp³-hybridized carbons (Fsp3) is 0.240. The van der Waals surface area contributed by atoms with Crippen LogP contribution in [0.25, 0.3) is 6.08 Å². The van der Waals surface area contributed by atoms with Crippen molar-refractivity contribution >= 4 is 51.7 Å². The van der Waals surface area contributed by atoms with Gasteiger partial charge >= 0.3 is 5.97 Å². The minimum atomic E-state index is -0.751. The number of carbonyl (C=O) groups is 2. The van der Waals surface area contributed by atoms with Crippen LogP contribution in [0.2, 0.25) is 0 Å². The van der Waals surface area contributed by atoms with Crippen LogP contribution in [0.15, 0.2) is 39.9 Å². The minimum absolute atomic E-state index is 0.173. The molecule has 0 fully saturated rings. The van der Waals surface area contributed by atoms with E-state index in [2.05, 4.69) is 15.3 Å². The van der Waals surface area contributed by atoms with Crippen molar-refractivity contribution in [3.05, 3.63) is 72.9 Å². The molecule has 2 aromatic heterocycles. The number of benzene rings is 1. The fourth-order valence-corrected chi connectivity index (χ4v) is 5.33. The highest BCUT2D eigenvalue weighted by atomic mass is 32.2. The van der Waals surface area contributed by atoms with Crippen molar-refractivity contribution < 1.29 is 19.2 Å². The SMILES string of the molecule is CCOC(=O)c1c(NC(=O)/C(C#N)=C\c2ccc(Sc3nc(C)cc(C)n3)c([N+](=O)[O-])c2)sc(C)c1C. The van der Waals surface area contributed by atoms with Crippen LogP contribution < -0.4 is 5.32 Å². The molecule has 3 aromatic rings. The molecule has 0 saturated carbocycles. The molecule has 0 unspecified atom stereocenters. The minimum Gasteiger partial charge on any atom is -0.462 e. The molecule has 0 aliphatic carbocycles. The number of hydrogen-bond acceptors (Lipinski definition) is 10. The molecular formula is C25H23N5O5S2. The molecule has 0 bridgehead atoms.